The number of rotatable bonds is 4. The fraction of sp³-hybridized carbons (Fsp3) is 0.750. The van der Waals surface area contributed by atoms with Gasteiger partial charge in [0.15, 0.2) is 0 Å². The van der Waals surface area contributed by atoms with Gasteiger partial charge in [-0.2, -0.15) is 18.3 Å². The van der Waals surface area contributed by atoms with Crippen molar-refractivity contribution in [1.29, 1.82) is 0 Å². The quantitative estimate of drug-likeness (QED) is 0.654. The highest BCUT2D eigenvalue weighted by molar-refractivity contribution is 5.77. The number of urea groups is 1. The molecule has 0 atom stereocenters. The first-order chi connectivity index (χ1) is 16.6. The number of hydrogen-bond acceptors (Lipinski definition) is 4. The molecular weight excluding hydrogens is 459 g/mol. The van der Waals surface area contributed by atoms with Gasteiger partial charge in [0, 0.05) is 55.2 Å². The number of nitrogens with zero attached hydrogens (tertiary/aromatic N) is 7. The number of alkyl halides is 3. The van der Waals surface area contributed by atoms with Crippen LogP contribution in [0, 0.1) is 23.7 Å². The Labute approximate surface area is 201 Å². The Morgan fingerprint density at radius 2 is 1.66 bits per heavy atom. The van der Waals surface area contributed by atoms with Crippen LogP contribution in [0.1, 0.15) is 67.7 Å². The maximum atomic E-state index is 12.9. The van der Waals surface area contributed by atoms with Crippen molar-refractivity contribution >= 4 is 6.03 Å². The van der Waals surface area contributed by atoms with Crippen molar-refractivity contribution in [2.45, 2.75) is 70.1 Å². The molecule has 0 unspecified atom stereocenters. The van der Waals surface area contributed by atoms with Crippen LogP contribution in [-0.2, 0) is 12.7 Å². The normalized spacial score (nSPS) is 25.4. The molecule has 3 saturated carbocycles. The van der Waals surface area contributed by atoms with Gasteiger partial charge >= 0.3 is 12.2 Å². The molecule has 35 heavy (non-hydrogen) atoms. The minimum absolute atomic E-state index is 0.0374. The van der Waals surface area contributed by atoms with E-state index in [4.69, 9.17) is 5.10 Å². The Kier molecular flexibility index (Phi) is 4.34. The lowest BCUT2D eigenvalue weighted by Crippen LogP contribution is -2.71. The van der Waals surface area contributed by atoms with Crippen molar-refractivity contribution in [3.05, 3.63) is 29.6 Å². The van der Waals surface area contributed by atoms with Crippen LogP contribution in [0.5, 0.6) is 0 Å². The molecule has 0 radical (unpaired) electrons. The highest BCUT2D eigenvalue weighted by Gasteiger charge is 2.58. The Balaban J connectivity index is 0.852. The number of likely N-dealkylation sites (tertiary alicyclic amines) is 2. The van der Waals surface area contributed by atoms with Crippen molar-refractivity contribution in [3.8, 4) is 0 Å². The molecule has 4 heterocycles. The second-order valence-electron chi connectivity index (χ2n) is 12.0. The van der Waals surface area contributed by atoms with Gasteiger partial charge in [-0.05, 0) is 57.4 Å². The first-order valence-corrected chi connectivity index (χ1v) is 12.7. The van der Waals surface area contributed by atoms with Crippen molar-refractivity contribution in [3.63, 3.8) is 0 Å². The van der Waals surface area contributed by atoms with Gasteiger partial charge in [0.2, 0.25) is 0 Å². The summed E-state index contributed by atoms with van der Waals surface area (Å²) >= 11 is 0. The predicted molar refractivity (Wildman–Crippen MR) is 118 cm³/mol. The van der Waals surface area contributed by atoms with Crippen LogP contribution in [0.3, 0.4) is 0 Å². The van der Waals surface area contributed by atoms with E-state index in [-0.39, 0.29) is 17.5 Å². The molecule has 188 valence electrons. The van der Waals surface area contributed by atoms with Gasteiger partial charge in [-0.15, -0.1) is 5.10 Å². The van der Waals surface area contributed by atoms with Gasteiger partial charge in [0.05, 0.1) is 11.7 Å². The van der Waals surface area contributed by atoms with Crippen molar-refractivity contribution in [1.82, 2.24) is 34.3 Å². The monoisotopic (exact) mass is 489 g/mol. The lowest BCUT2D eigenvalue weighted by molar-refractivity contribution is -0.145. The molecule has 3 aliphatic carbocycles. The number of carbonyl (C=O) groups excluding carboxylic acids is 1. The fourth-order valence-electron chi connectivity index (χ4n) is 7.06. The van der Waals surface area contributed by atoms with Crippen LogP contribution in [0.25, 0.3) is 0 Å². The molecule has 8 nitrogen and oxygen atoms in total. The molecule has 2 aromatic heterocycles. The van der Waals surface area contributed by atoms with Crippen molar-refractivity contribution in [2.24, 2.45) is 16.7 Å². The molecule has 0 bridgehead atoms. The SMILES string of the molecule is Cc1cc(C2CC2)nn1CC1CC2(C1)CN(C(=O)N1CC3(CC(n4cnc(C(F)(F)F)n4)C3)C1)C2. The summed E-state index contributed by atoms with van der Waals surface area (Å²) in [6.07, 6.45) is 3.03. The lowest BCUT2D eigenvalue weighted by Gasteiger charge is -2.63. The van der Waals surface area contributed by atoms with Crippen LogP contribution < -0.4 is 0 Å². The second kappa shape index (κ2) is 7.00. The number of hydrogen-bond donors (Lipinski definition) is 0. The van der Waals surface area contributed by atoms with E-state index in [1.807, 2.05) is 9.80 Å². The highest BCUT2D eigenvalue weighted by atomic mass is 19.4. The zero-order valence-corrected chi connectivity index (χ0v) is 19.8. The van der Waals surface area contributed by atoms with Gasteiger partial charge in [0.1, 0.15) is 6.33 Å². The zero-order chi connectivity index (χ0) is 24.2. The topological polar surface area (TPSA) is 72.1 Å². The zero-order valence-electron chi connectivity index (χ0n) is 19.8. The van der Waals surface area contributed by atoms with E-state index < -0.39 is 12.0 Å². The molecule has 11 heteroatoms. The smallest absolute Gasteiger partial charge is 0.323 e. The standard InChI is InChI=1S/C24H30F3N7O/c1-15-4-19(17-2-3-17)29-33(15)9-16-5-22(6-16)10-31(11-22)21(35)32-12-23(13-32)7-18(8-23)34-14-28-20(30-34)24(25,26)27/h4,14,16-18H,2-3,5-13H2,1H3. The van der Waals surface area contributed by atoms with E-state index in [2.05, 4.69) is 27.8 Å². The average molecular weight is 490 g/mol. The molecule has 7 rings (SSSR count). The maximum absolute atomic E-state index is 12.9. The molecule has 2 saturated heterocycles. The summed E-state index contributed by atoms with van der Waals surface area (Å²) in [7, 11) is 0. The maximum Gasteiger partial charge on any atom is 0.453 e. The van der Waals surface area contributed by atoms with Crippen LogP contribution >= 0.6 is 0 Å². The van der Waals surface area contributed by atoms with Crippen molar-refractivity contribution in [2.75, 3.05) is 26.2 Å². The summed E-state index contributed by atoms with van der Waals surface area (Å²) in [6.45, 7) is 6.21. The third-order valence-electron chi connectivity index (χ3n) is 8.99. The fourth-order valence-corrected chi connectivity index (χ4v) is 7.06. The van der Waals surface area contributed by atoms with Gasteiger partial charge in [0.25, 0.3) is 5.82 Å². The van der Waals surface area contributed by atoms with E-state index in [1.54, 1.807) is 0 Å². The van der Waals surface area contributed by atoms with E-state index in [0.29, 0.717) is 30.3 Å². The molecule has 5 fully saturated rings. The Morgan fingerprint density at radius 3 is 2.23 bits per heavy atom. The Hall–Kier alpha value is -2.59. The lowest BCUT2D eigenvalue weighted by atomic mass is 9.57. The summed E-state index contributed by atoms with van der Waals surface area (Å²) in [6, 6.07) is 2.30. The molecular formula is C24H30F3N7O. The minimum atomic E-state index is -4.51. The van der Waals surface area contributed by atoms with Gasteiger partial charge < -0.3 is 9.80 Å². The molecule has 2 aliphatic heterocycles. The number of aryl methyl sites for hydroxylation is 1. The van der Waals surface area contributed by atoms with Crippen LogP contribution in [0.4, 0.5) is 18.0 Å². The number of carbonyl (C=O) groups is 1. The Bertz CT molecular complexity index is 1150. The minimum Gasteiger partial charge on any atom is -0.323 e. The molecule has 2 amide bonds. The third kappa shape index (κ3) is 3.56. The molecule has 2 spiro atoms. The first-order valence-electron chi connectivity index (χ1n) is 12.7. The Morgan fingerprint density at radius 1 is 1.03 bits per heavy atom. The van der Waals surface area contributed by atoms with Crippen LogP contribution in [-0.4, -0.2) is 66.6 Å². The van der Waals surface area contributed by atoms with Gasteiger partial charge in [-0.3, -0.25) is 4.68 Å². The molecule has 5 aliphatic rings. The summed E-state index contributed by atoms with van der Waals surface area (Å²) in [5.41, 5.74) is 2.85. The average Bonchev–Trinajstić information content (AvgIpc) is 3.28. The molecule has 2 aromatic rings. The van der Waals surface area contributed by atoms with Crippen LogP contribution in [0.2, 0.25) is 0 Å². The number of amides is 2. The predicted octanol–water partition coefficient (Wildman–Crippen LogP) is 3.85. The highest BCUT2D eigenvalue weighted by Crippen LogP contribution is 2.56. The largest absolute Gasteiger partial charge is 0.453 e. The summed E-state index contributed by atoms with van der Waals surface area (Å²) in [5.74, 6) is 0.244. The molecule has 0 aromatic carbocycles. The third-order valence-corrected chi connectivity index (χ3v) is 8.99. The second-order valence-corrected chi connectivity index (χ2v) is 12.0. The van der Waals surface area contributed by atoms with E-state index in [9.17, 15) is 18.0 Å². The number of aromatic nitrogens is 5. The first kappa shape index (κ1) is 21.7. The summed E-state index contributed by atoms with van der Waals surface area (Å²) < 4.78 is 41.7. The van der Waals surface area contributed by atoms with Crippen molar-refractivity contribution < 1.29 is 18.0 Å². The van der Waals surface area contributed by atoms with Gasteiger partial charge in [-0.25, -0.2) is 14.5 Å². The van der Waals surface area contributed by atoms with E-state index in [0.717, 1.165) is 45.3 Å². The summed E-state index contributed by atoms with van der Waals surface area (Å²) in [5, 5.41) is 8.42. The number of halogens is 3. The summed E-state index contributed by atoms with van der Waals surface area (Å²) in [4.78, 5) is 20.2. The van der Waals surface area contributed by atoms with Crippen LogP contribution in [0.15, 0.2) is 12.4 Å². The van der Waals surface area contributed by atoms with E-state index >= 15 is 0 Å². The molecule has 0 N–H and O–H groups in total. The van der Waals surface area contributed by atoms with Gasteiger partial charge in [-0.1, -0.05) is 0 Å². The van der Waals surface area contributed by atoms with E-state index in [1.165, 1.54) is 35.2 Å².